The molecule has 1 amide bonds. The maximum absolute atomic E-state index is 11.8. The third-order valence-electron chi connectivity index (χ3n) is 2.66. The lowest BCUT2D eigenvalue weighted by atomic mass is 10.2. The van der Waals surface area contributed by atoms with Gasteiger partial charge in [-0.05, 0) is 29.5 Å². The molecule has 0 fully saturated rings. The van der Waals surface area contributed by atoms with E-state index in [1.54, 1.807) is 25.1 Å². The van der Waals surface area contributed by atoms with Gasteiger partial charge in [0.1, 0.15) is 6.54 Å². The molecule has 0 saturated heterocycles. The Morgan fingerprint density at radius 1 is 1.50 bits per heavy atom. The summed E-state index contributed by atoms with van der Waals surface area (Å²) in [6.45, 7) is 1.68. The van der Waals surface area contributed by atoms with Crippen LogP contribution in [0.15, 0.2) is 30.5 Å². The highest BCUT2D eigenvalue weighted by atomic mass is 35.5. The zero-order valence-corrected chi connectivity index (χ0v) is 11.3. The van der Waals surface area contributed by atoms with Crippen molar-refractivity contribution in [1.82, 2.24) is 9.78 Å². The van der Waals surface area contributed by atoms with E-state index in [4.69, 9.17) is 11.6 Å². The Morgan fingerprint density at radius 2 is 2.25 bits per heavy atom. The first-order chi connectivity index (χ1) is 9.47. The van der Waals surface area contributed by atoms with Crippen LogP contribution in [0.4, 0.5) is 11.5 Å². The fourth-order valence-corrected chi connectivity index (χ4v) is 1.79. The molecule has 1 heterocycles. The van der Waals surface area contributed by atoms with E-state index in [9.17, 15) is 14.9 Å². The van der Waals surface area contributed by atoms with E-state index in [0.717, 1.165) is 5.56 Å². The number of carbonyl (C=O) groups excluding carboxylic acids is 1. The van der Waals surface area contributed by atoms with Crippen LogP contribution in [0.5, 0.6) is 0 Å². The normalized spacial score (nSPS) is 10.3. The summed E-state index contributed by atoms with van der Waals surface area (Å²) < 4.78 is 1.20. The smallest absolute Gasteiger partial charge is 0.358 e. The molecule has 2 rings (SSSR count). The molecule has 0 spiro atoms. The minimum Gasteiger partial charge on any atom is -0.358 e. The Kier molecular flexibility index (Phi) is 3.99. The minimum absolute atomic E-state index is 0.111. The van der Waals surface area contributed by atoms with Gasteiger partial charge in [0.05, 0.1) is 17.4 Å². The monoisotopic (exact) mass is 294 g/mol. The summed E-state index contributed by atoms with van der Waals surface area (Å²) in [6.07, 6.45) is 1.38. The number of aromatic nitrogens is 2. The number of carbonyl (C=O) groups is 1. The molecule has 0 atom stereocenters. The largest absolute Gasteiger partial charge is 0.389 e. The molecule has 0 aliphatic rings. The van der Waals surface area contributed by atoms with Crippen molar-refractivity contribution < 1.29 is 9.72 Å². The number of hydrogen-bond acceptors (Lipinski definition) is 4. The van der Waals surface area contributed by atoms with E-state index >= 15 is 0 Å². The van der Waals surface area contributed by atoms with Crippen molar-refractivity contribution in [2.75, 3.05) is 5.32 Å². The molecule has 104 valence electrons. The van der Waals surface area contributed by atoms with Crippen molar-refractivity contribution in [3.05, 3.63) is 51.2 Å². The lowest BCUT2D eigenvalue weighted by Gasteiger charge is -2.08. The molecule has 7 nitrogen and oxygen atoms in total. The SMILES string of the molecule is Cc1c(Cl)cccc1NC(=O)Cn1ccc([N+](=O)[O-])n1. The second-order valence-electron chi connectivity index (χ2n) is 4.09. The molecule has 1 aromatic carbocycles. The predicted octanol–water partition coefficient (Wildman–Crippen LogP) is 2.39. The Balaban J connectivity index is 2.05. The third-order valence-corrected chi connectivity index (χ3v) is 3.07. The average molecular weight is 295 g/mol. The summed E-state index contributed by atoms with van der Waals surface area (Å²) in [5, 5.41) is 17.4. The first-order valence-electron chi connectivity index (χ1n) is 5.70. The topological polar surface area (TPSA) is 90.1 Å². The standard InChI is InChI=1S/C12H11ClN4O3/c1-8-9(13)3-2-4-10(8)14-12(18)7-16-6-5-11(15-16)17(19)20/h2-6H,7H2,1H3,(H,14,18). The third kappa shape index (κ3) is 3.12. The molecule has 2 aromatic rings. The van der Waals surface area contributed by atoms with Crippen LogP contribution in [0.3, 0.4) is 0 Å². The molecule has 8 heteroatoms. The van der Waals surface area contributed by atoms with E-state index in [0.29, 0.717) is 10.7 Å². The van der Waals surface area contributed by atoms with Crippen molar-refractivity contribution in [1.29, 1.82) is 0 Å². The van der Waals surface area contributed by atoms with Gasteiger partial charge in [-0.1, -0.05) is 17.7 Å². The highest BCUT2D eigenvalue weighted by Crippen LogP contribution is 2.22. The molecule has 0 aliphatic carbocycles. The van der Waals surface area contributed by atoms with E-state index in [2.05, 4.69) is 10.4 Å². The predicted molar refractivity (Wildman–Crippen MR) is 73.7 cm³/mol. The first-order valence-corrected chi connectivity index (χ1v) is 6.08. The van der Waals surface area contributed by atoms with Gasteiger partial charge < -0.3 is 15.4 Å². The van der Waals surface area contributed by atoms with Gasteiger partial charge in [-0.25, -0.2) is 0 Å². The van der Waals surface area contributed by atoms with Gasteiger partial charge in [0.15, 0.2) is 0 Å². The van der Waals surface area contributed by atoms with Gasteiger partial charge in [-0.15, -0.1) is 0 Å². The molecular formula is C12H11ClN4O3. The van der Waals surface area contributed by atoms with E-state index in [1.807, 2.05) is 0 Å². The zero-order valence-electron chi connectivity index (χ0n) is 10.5. The molecule has 0 aliphatic heterocycles. The Bertz CT molecular complexity index is 668. The lowest BCUT2D eigenvalue weighted by Crippen LogP contribution is -2.19. The maximum atomic E-state index is 11.8. The van der Waals surface area contributed by atoms with Crippen LogP contribution in [0, 0.1) is 17.0 Å². The van der Waals surface area contributed by atoms with Crippen LogP contribution in [0.2, 0.25) is 5.02 Å². The van der Waals surface area contributed by atoms with Crippen LogP contribution < -0.4 is 5.32 Å². The van der Waals surface area contributed by atoms with E-state index in [-0.39, 0.29) is 18.3 Å². The van der Waals surface area contributed by atoms with Gasteiger partial charge >= 0.3 is 5.82 Å². The number of halogens is 1. The number of nitrogens with one attached hydrogen (secondary N) is 1. The van der Waals surface area contributed by atoms with Crippen molar-refractivity contribution in [2.45, 2.75) is 13.5 Å². The van der Waals surface area contributed by atoms with Crippen molar-refractivity contribution in [3.8, 4) is 0 Å². The van der Waals surface area contributed by atoms with Crippen LogP contribution in [-0.2, 0) is 11.3 Å². The molecule has 20 heavy (non-hydrogen) atoms. The van der Waals surface area contributed by atoms with Crippen molar-refractivity contribution in [3.63, 3.8) is 0 Å². The van der Waals surface area contributed by atoms with Crippen LogP contribution in [-0.4, -0.2) is 20.6 Å². The number of amides is 1. The van der Waals surface area contributed by atoms with Crippen LogP contribution >= 0.6 is 11.6 Å². The molecule has 1 aromatic heterocycles. The average Bonchev–Trinajstić information content (AvgIpc) is 2.83. The molecule has 0 radical (unpaired) electrons. The van der Waals surface area contributed by atoms with Crippen LogP contribution in [0.25, 0.3) is 0 Å². The van der Waals surface area contributed by atoms with E-state index < -0.39 is 4.92 Å². The number of nitrogens with zero attached hydrogens (tertiary/aromatic N) is 3. The second kappa shape index (κ2) is 5.70. The van der Waals surface area contributed by atoms with Crippen LogP contribution in [0.1, 0.15) is 5.56 Å². The van der Waals surface area contributed by atoms with Gasteiger partial charge in [0.25, 0.3) is 0 Å². The van der Waals surface area contributed by atoms with Crippen molar-refractivity contribution >= 4 is 29.0 Å². The molecule has 0 unspecified atom stereocenters. The summed E-state index contributed by atoms with van der Waals surface area (Å²) in [5.74, 6) is -0.634. The number of hydrogen-bond donors (Lipinski definition) is 1. The van der Waals surface area contributed by atoms with Crippen molar-refractivity contribution in [2.24, 2.45) is 0 Å². The maximum Gasteiger partial charge on any atom is 0.389 e. The Labute approximate surface area is 119 Å². The fraction of sp³-hybridized carbons (Fsp3) is 0.167. The first kappa shape index (κ1) is 14.0. The fourth-order valence-electron chi connectivity index (χ4n) is 1.62. The number of rotatable bonds is 4. The summed E-state index contributed by atoms with van der Waals surface area (Å²) in [7, 11) is 0. The molecule has 1 N–H and O–H groups in total. The highest BCUT2D eigenvalue weighted by Gasteiger charge is 2.14. The zero-order chi connectivity index (χ0) is 14.7. The Hall–Kier alpha value is -2.41. The highest BCUT2D eigenvalue weighted by molar-refractivity contribution is 6.31. The number of anilines is 1. The number of benzene rings is 1. The molecular weight excluding hydrogens is 284 g/mol. The lowest BCUT2D eigenvalue weighted by molar-refractivity contribution is -0.389. The van der Waals surface area contributed by atoms with Gasteiger partial charge in [0, 0.05) is 10.7 Å². The summed E-state index contributed by atoms with van der Waals surface area (Å²) in [6, 6.07) is 6.41. The summed E-state index contributed by atoms with van der Waals surface area (Å²) in [4.78, 5) is 21.7. The molecule has 0 bridgehead atoms. The second-order valence-corrected chi connectivity index (χ2v) is 4.50. The molecule has 0 saturated carbocycles. The van der Waals surface area contributed by atoms with Gasteiger partial charge in [0.2, 0.25) is 5.91 Å². The van der Waals surface area contributed by atoms with Gasteiger partial charge in [-0.3, -0.25) is 4.79 Å². The minimum atomic E-state index is -0.616. The van der Waals surface area contributed by atoms with E-state index in [1.165, 1.54) is 16.9 Å². The number of nitro groups is 1. The quantitative estimate of drug-likeness (QED) is 0.692. The summed E-state index contributed by atoms with van der Waals surface area (Å²) >= 11 is 5.95. The Morgan fingerprint density at radius 3 is 2.90 bits per heavy atom. The van der Waals surface area contributed by atoms with Gasteiger partial charge in [-0.2, -0.15) is 4.68 Å². The summed E-state index contributed by atoms with van der Waals surface area (Å²) in [5.41, 5.74) is 1.36.